The van der Waals surface area contributed by atoms with E-state index in [1.165, 1.54) is 45.1 Å². The first kappa shape index (κ1) is 14.8. The van der Waals surface area contributed by atoms with Crippen molar-refractivity contribution in [1.29, 1.82) is 0 Å². The van der Waals surface area contributed by atoms with Gasteiger partial charge in [0.15, 0.2) is 0 Å². The Labute approximate surface area is 108 Å². The van der Waals surface area contributed by atoms with Crippen molar-refractivity contribution in [1.82, 2.24) is 5.32 Å². The zero-order valence-corrected chi connectivity index (χ0v) is 12.3. The maximum absolute atomic E-state index is 3.64. The molecule has 17 heavy (non-hydrogen) atoms. The molecule has 1 N–H and O–H groups in total. The lowest BCUT2D eigenvalue weighted by Gasteiger charge is -2.29. The highest BCUT2D eigenvalue weighted by molar-refractivity contribution is 5.11. The highest BCUT2D eigenvalue weighted by Gasteiger charge is 2.21. The summed E-state index contributed by atoms with van der Waals surface area (Å²) in [5, 5.41) is 3.64. The fourth-order valence-corrected chi connectivity index (χ4v) is 2.92. The van der Waals surface area contributed by atoms with Crippen LogP contribution in [0, 0.1) is 11.8 Å². The van der Waals surface area contributed by atoms with Crippen molar-refractivity contribution >= 4 is 0 Å². The van der Waals surface area contributed by atoms with Gasteiger partial charge in [0.1, 0.15) is 0 Å². The fourth-order valence-electron chi connectivity index (χ4n) is 2.92. The van der Waals surface area contributed by atoms with Gasteiger partial charge in [0, 0.05) is 12.6 Å². The first-order chi connectivity index (χ1) is 8.15. The summed E-state index contributed by atoms with van der Waals surface area (Å²) in [6.45, 7) is 10.4. The molecule has 0 fully saturated rings. The lowest BCUT2D eigenvalue weighted by atomic mass is 9.79. The molecule has 0 aromatic carbocycles. The minimum Gasteiger partial charge on any atom is -0.314 e. The minimum atomic E-state index is 0.607. The van der Waals surface area contributed by atoms with Crippen LogP contribution in [0.1, 0.15) is 66.2 Å². The lowest BCUT2D eigenvalue weighted by Crippen LogP contribution is -2.33. The normalized spacial score (nSPS) is 20.2. The third-order valence-corrected chi connectivity index (χ3v) is 3.98. The third kappa shape index (κ3) is 5.25. The standard InChI is InChI=1S/C16H31N/c1-5-9-14(4)16(12-17-13(2)3)15-10-7-6-8-11-15/h10,13-14,16-17H,5-9,11-12H2,1-4H3. The van der Waals surface area contributed by atoms with Crippen molar-refractivity contribution in [2.75, 3.05) is 6.54 Å². The number of allylic oxidation sites excluding steroid dienone is 1. The second-order valence-corrected chi connectivity index (χ2v) is 5.96. The van der Waals surface area contributed by atoms with Gasteiger partial charge in [-0.3, -0.25) is 0 Å². The van der Waals surface area contributed by atoms with Gasteiger partial charge >= 0.3 is 0 Å². The molecule has 0 saturated heterocycles. The van der Waals surface area contributed by atoms with E-state index < -0.39 is 0 Å². The van der Waals surface area contributed by atoms with E-state index in [0.29, 0.717) is 6.04 Å². The smallest absolute Gasteiger partial charge is 0.00218 e. The van der Waals surface area contributed by atoms with Crippen LogP contribution in [0.2, 0.25) is 0 Å². The summed E-state index contributed by atoms with van der Waals surface area (Å²) in [6, 6.07) is 0.607. The molecule has 2 atom stereocenters. The molecule has 0 aromatic heterocycles. The van der Waals surface area contributed by atoms with Crippen molar-refractivity contribution in [2.45, 2.75) is 72.3 Å². The van der Waals surface area contributed by atoms with Crippen LogP contribution in [0.3, 0.4) is 0 Å². The Balaban J connectivity index is 2.59. The second kappa shape index (κ2) is 7.92. The maximum atomic E-state index is 3.64. The number of hydrogen-bond acceptors (Lipinski definition) is 1. The SMILES string of the molecule is CCCC(C)C(CNC(C)C)C1=CCCCC1. The van der Waals surface area contributed by atoms with Crippen LogP contribution in [0.5, 0.6) is 0 Å². The van der Waals surface area contributed by atoms with Gasteiger partial charge in [-0.2, -0.15) is 0 Å². The molecule has 1 rings (SSSR count). The van der Waals surface area contributed by atoms with E-state index in [2.05, 4.69) is 39.1 Å². The first-order valence-corrected chi connectivity index (χ1v) is 7.57. The first-order valence-electron chi connectivity index (χ1n) is 7.57. The molecule has 2 unspecified atom stereocenters. The molecule has 0 spiro atoms. The minimum absolute atomic E-state index is 0.607. The number of hydrogen-bond donors (Lipinski definition) is 1. The van der Waals surface area contributed by atoms with Gasteiger partial charge in [0.2, 0.25) is 0 Å². The molecule has 1 aliphatic rings. The maximum Gasteiger partial charge on any atom is 0.00218 e. The summed E-state index contributed by atoms with van der Waals surface area (Å²) < 4.78 is 0. The topological polar surface area (TPSA) is 12.0 Å². The molecule has 0 bridgehead atoms. The van der Waals surface area contributed by atoms with E-state index in [1.54, 1.807) is 5.57 Å². The summed E-state index contributed by atoms with van der Waals surface area (Å²) >= 11 is 0. The zero-order chi connectivity index (χ0) is 12.7. The van der Waals surface area contributed by atoms with E-state index in [0.717, 1.165) is 11.8 Å². The molecular formula is C16H31N. The molecule has 0 aliphatic heterocycles. The monoisotopic (exact) mass is 237 g/mol. The van der Waals surface area contributed by atoms with Gasteiger partial charge in [-0.1, -0.05) is 52.2 Å². The molecule has 1 aliphatic carbocycles. The highest BCUT2D eigenvalue weighted by Crippen LogP contribution is 2.31. The molecule has 0 heterocycles. The van der Waals surface area contributed by atoms with E-state index >= 15 is 0 Å². The molecule has 100 valence electrons. The molecule has 0 aromatic rings. The molecule has 1 nitrogen and oxygen atoms in total. The lowest BCUT2D eigenvalue weighted by molar-refractivity contribution is 0.341. The van der Waals surface area contributed by atoms with Crippen LogP contribution in [0.15, 0.2) is 11.6 Å². The molecule has 1 heteroatoms. The van der Waals surface area contributed by atoms with Crippen molar-refractivity contribution < 1.29 is 0 Å². The quantitative estimate of drug-likeness (QED) is 0.641. The fraction of sp³-hybridized carbons (Fsp3) is 0.875. The summed E-state index contributed by atoms with van der Waals surface area (Å²) in [6.07, 6.45) is 10.7. The third-order valence-electron chi connectivity index (χ3n) is 3.98. The van der Waals surface area contributed by atoms with Crippen LogP contribution < -0.4 is 5.32 Å². The summed E-state index contributed by atoms with van der Waals surface area (Å²) in [4.78, 5) is 0. The molecule has 0 radical (unpaired) electrons. The predicted molar refractivity (Wildman–Crippen MR) is 77.3 cm³/mol. The summed E-state index contributed by atoms with van der Waals surface area (Å²) in [5.41, 5.74) is 1.74. The van der Waals surface area contributed by atoms with Crippen LogP contribution in [-0.2, 0) is 0 Å². The zero-order valence-electron chi connectivity index (χ0n) is 12.3. The number of rotatable bonds is 7. The Morgan fingerprint density at radius 3 is 2.53 bits per heavy atom. The van der Waals surface area contributed by atoms with E-state index in [4.69, 9.17) is 0 Å². The van der Waals surface area contributed by atoms with Gasteiger partial charge in [-0.15, -0.1) is 0 Å². The Morgan fingerprint density at radius 1 is 1.24 bits per heavy atom. The van der Waals surface area contributed by atoms with E-state index in [-0.39, 0.29) is 0 Å². The van der Waals surface area contributed by atoms with Crippen molar-refractivity contribution in [2.24, 2.45) is 11.8 Å². The predicted octanol–water partition coefficient (Wildman–Crippen LogP) is 4.54. The van der Waals surface area contributed by atoms with Gasteiger partial charge in [-0.05, 0) is 37.5 Å². The average Bonchev–Trinajstić information content (AvgIpc) is 2.30. The van der Waals surface area contributed by atoms with Crippen molar-refractivity contribution in [3.8, 4) is 0 Å². The largest absolute Gasteiger partial charge is 0.314 e. The van der Waals surface area contributed by atoms with Gasteiger partial charge in [-0.25, -0.2) is 0 Å². The van der Waals surface area contributed by atoms with Crippen molar-refractivity contribution in [3.05, 3.63) is 11.6 Å². The van der Waals surface area contributed by atoms with Gasteiger partial charge in [0.25, 0.3) is 0 Å². The average molecular weight is 237 g/mol. The Hall–Kier alpha value is -0.300. The van der Waals surface area contributed by atoms with Gasteiger partial charge in [0.05, 0.1) is 0 Å². The second-order valence-electron chi connectivity index (χ2n) is 5.96. The summed E-state index contributed by atoms with van der Waals surface area (Å²) in [5.74, 6) is 1.60. The summed E-state index contributed by atoms with van der Waals surface area (Å²) in [7, 11) is 0. The Morgan fingerprint density at radius 2 is 2.00 bits per heavy atom. The van der Waals surface area contributed by atoms with Crippen LogP contribution >= 0.6 is 0 Å². The Bertz CT molecular complexity index is 230. The molecule has 0 saturated carbocycles. The van der Waals surface area contributed by atoms with Crippen LogP contribution in [0.25, 0.3) is 0 Å². The van der Waals surface area contributed by atoms with E-state index in [1.807, 2.05) is 0 Å². The molecule has 0 amide bonds. The Kier molecular flexibility index (Phi) is 6.87. The van der Waals surface area contributed by atoms with Crippen LogP contribution in [0.4, 0.5) is 0 Å². The number of nitrogens with one attached hydrogen (secondary N) is 1. The molecular weight excluding hydrogens is 206 g/mol. The van der Waals surface area contributed by atoms with Crippen molar-refractivity contribution in [3.63, 3.8) is 0 Å². The van der Waals surface area contributed by atoms with Gasteiger partial charge < -0.3 is 5.32 Å². The van der Waals surface area contributed by atoms with Crippen LogP contribution in [-0.4, -0.2) is 12.6 Å². The van der Waals surface area contributed by atoms with E-state index in [9.17, 15) is 0 Å². The highest BCUT2D eigenvalue weighted by atomic mass is 14.9.